The second-order valence-corrected chi connectivity index (χ2v) is 4.59. The molecule has 2 heterocycles. The maximum atomic E-state index is 9.67. The van der Waals surface area contributed by atoms with Crippen molar-refractivity contribution in [3.8, 4) is 0 Å². The minimum atomic E-state index is -0.262. The van der Waals surface area contributed by atoms with E-state index >= 15 is 0 Å². The van der Waals surface area contributed by atoms with E-state index in [1.54, 1.807) is 0 Å². The molecule has 1 spiro atoms. The fraction of sp³-hybridized carbons (Fsp3) is 0.900. The maximum Gasteiger partial charge on any atom is 0.188 e. The molecule has 0 aromatic rings. The Kier molecular flexibility index (Phi) is 2.84. The molecule has 2 rings (SSSR count). The quantitative estimate of drug-likeness (QED) is 0.387. The summed E-state index contributed by atoms with van der Waals surface area (Å²) in [6, 6.07) is 0. The van der Waals surface area contributed by atoms with Gasteiger partial charge in [-0.05, 0) is 19.3 Å². The molecule has 2 aliphatic heterocycles. The number of nitrogens with two attached hydrogens (primary N) is 1. The lowest BCUT2D eigenvalue weighted by molar-refractivity contribution is -0.139. The first-order valence-electron chi connectivity index (χ1n) is 5.52. The molecule has 2 fully saturated rings. The van der Waals surface area contributed by atoms with E-state index in [2.05, 4.69) is 0 Å². The molecule has 15 heavy (non-hydrogen) atoms. The molecule has 0 aliphatic carbocycles. The Morgan fingerprint density at radius 1 is 1.60 bits per heavy atom. The van der Waals surface area contributed by atoms with E-state index < -0.39 is 0 Å². The third kappa shape index (κ3) is 2.23. The van der Waals surface area contributed by atoms with E-state index in [9.17, 15) is 5.11 Å². The summed E-state index contributed by atoms with van der Waals surface area (Å²) in [6.07, 6.45) is 3.09. The number of likely N-dealkylation sites (tertiary alicyclic amines) is 1. The standard InChI is InChI=1S/C10H19N3O2/c11-9(12)13-4-1-3-10(7-13)6-8(14)2-5-15-10/h8,14H,1-7H2,(H3,11,12)/t8-,10+/m0/s1. The van der Waals surface area contributed by atoms with Crippen molar-refractivity contribution in [2.24, 2.45) is 5.73 Å². The number of piperidine rings is 1. The third-order valence-corrected chi connectivity index (χ3v) is 3.35. The second-order valence-electron chi connectivity index (χ2n) is 4.59. The predicted octanol–water partition coefficient (Wildman–Crippen LogP) is -0.114. The zero-order valence-corrected chi connectivity index (χ0v) is 8.91. The summed E-state index contributed by atoms with van der Waals surface area (Å²) in [5.74, 6) is 0.109. The number of aliphatic hydroxyl groups excluding tert-OH is 1. The van der Waals surface area contributed by atoms with Gasteiger partial charge in [-0.25, -0.2) is 0 Å². The fourth-order valence-electron chi connectivity index (χ4n) is 2.59. The lowest BCUT2D eigenvalue weighted by atomic mass is 9.84. The minimum Gasteiger partial charge on any atom is -0.393 e. The van der Waals surface area contributed by atoms with Crippen molar-refractivity contribution in [1.29, 1.82) is 5.41 Å². The van der Waals surface area contributed by atoms with Crippen LogP contribution in [0.2, 0.25) is 0 Å². The van der Waals surface area contributed by atoms with Crippen molar-refractivity contribution in [3.63, 3.8) is 0 Å². The van der Waals surface area contributed by atoms with E-state index in [1.165, 1.54) is 0 Å². The van der Waals surface area contributed by atoms with Crippen LogP contribution in [-0.4, -0.2) is 47.4 Å². The molecule has 2 atom stereocenters. The van der Waals surface area contributed by atoms with Crippen LogP contribution in [0.15, 0.2) is 0 Å². The Labute approximate surface area is 89.7 Å². The van der Waals surface area contributed by atoms with Crippen molar-refractivity contribution in [2.75, 3.05) is 19.7 Å². The first-order chi connectivity index (χ1) is 7.11. The molecule has 0 saturated carbocycles. The Bertz CT molecular complexity index is 255. The van der Waals surface area contributed by atoms with Crippen LogP contribution in [0, 0.1) is 5.41 Å². The fourth-order valence-corrected chi connectivity index (χ4v) is 2.59. The summed E-state index contributed by atoms with van der Waals surface area (Å²) in [6.45, 7) is 2.10. The topological polar surface area (TPSA) is 82.6 Å². The van der Waals surface area contributed by atoms with Gasteiger partial charge in [0.1, 0.15) is 0 Å². The Hall–Kier alpha value is -0.810. The molecule has 2 saturated heterocycles. The molecule has 0 aromatic heterocycles. The summed E-state index contributed by atoms with van der Waals surface area (Å²) in [5, 5.41) is 17.1. The van der Waals surface area contributed by atoms with Crippen LogP contribution < -0.4 is 5.73 Å². The van der Waals surface area contributed by atoms with Crippen molar-refractivity contribution >= 4 is 5.96 Å². The smallest absolute Gasteiger partial charge is 0.188 e. The predicted molar refractivity (Wildman–Crippen MR) is 56.6 cm³/mol. The molecule has 0 bridgehead atoms. The van der Waals surface area contributed by atoms with Gasteiger partial charge in [-0.15, -0.1) is 0 Å². The number of nitrogens with one attached hydrogen (secondary N) is 1. The number of nitrogens with zero attached hydrogens (tertiary/aromatic N) is 1. The summed E-state index contributed by atoms with van der Waals surface area (Å²) in [5.41, 5.74) is 5.22. The maximum absolute atomic E-state index is 9.67. The van der Waals surface area contributed by atoms with Gasteiger partial charge in [0.15, 0.2) is 5.96 Å². The molecule has 2 aliphatic rings. The zero-order chi connectivity index (χ0) is 10.9. The molecule has 86 valence electrons. The Morgan fingerprint density at radius 2 is 2.40 bits per heavy atom. The van der Waals surface area contributed by atoms with Gasteiger partial charge in [0.05, 0.1) is 11.7 Å². The first kappa shape index (κ1) is 10.7. The van der Waals surface area contributed by atoms with Crippen LogP contribution in [0.25, 0.3) is 0 Å². The van der Waals surface area contributed by atoms with Crippen molar-refractivity contribution in [2.45, 2.75) is 37.4 Å². The van der Waals surface area contributed by atoms with Gasteiger partial charge in [-0.2, -0.15) is 0 Å². The molecule has 0 aromatic carbocycles. The molecule has 5 nitrogen and oxygen atoms in total. The lowest BCUT2D eigenvalue weighted by Crippen LogP contribution is -2.56. The highest BCUT2D eigenvalue weighted by Crippen LogP contribution is 2.33. The number of rotatable bonds is 0. The van der Waals surface area contributed by atoms with Gasteiger partial charge in [0, 0.05) is 26.1 Å². The molecular formula is C10H19N3O2. The normalized spacial score (nSPS) is 36.9. The molecular weight excluding hydrogens is 194 g/mol. The van der Waals surface area contributed by atoms with Crippen molar-refractivity contribution in [3.05, 3.63) is 0 Å². The summed E-state index contributed by atoms with van der Waals surface area (Å²) in [4.78, 5) is 1.83. The van der Waals surface area contributed by atoms with E-state index in [0.717, 1.165) is 25.8 Å². The van der Waals surface area contributed by atoms with Crippen LogP contribution >= 0.6 is 0 Å². The summed E-state index contributed by atoms with van der Waals surface area (Å²) in [7, 11) is 0. The van der Waals surface area contributed by atoms with E-state index in [-0.39, 0.29) is 17.7 Å². The van der Waals surface area contributed by atoms with Gasteiger partial charge >= 0.3 is 0 Å². The molecule has 5 heteroatoms. The Morgan fingerprint density at radius 3 is 3.07 bits per heavy atom. The molecule has 0 radical (unpaired) electrons. The SMILES string of the molecule is N=C(N)N1CCC[C@@]2(C[C@@H](O)CCO2)C1. The zero-order valence-electron chi connectivity index (χ0n) is 8.91. The number of ether oxygens (including phenoxy) is 1. The average Bonchev–Trinajstić information content (AvgIpc) is 2.17. The highest BCUT2D eigenvalue weighted by Gasteiger charge is 2.40. The van der Waals surface area contributed by atoms with E-state index in [1.807, 2.05) is 4.90 Å². The minimum absolute atomic E-state index is 0.109. The van der Waals surface area contributed by atoms with Gasteiger partial charge in [-0.3, -0.25) is 5.41 Å². The van der Waals surface area contributed by atoms with Gasteiger partial charge < -0.3 is 20.5 Å². The van der Waals surface area contributed by atoms with E-state index in [4.69, 9.17) is 15.9 Å². The molecule has 0 amide bonds. The third-order valence-electron chi connectivity index (χ3n) is 3.35. The van der Waals surface area contributed by atoms with Gasteiger partial charge in [-0.1, -0.05) is 0 Å². The highest BCUT2D eigenvalue weighted by molar-refractivity contribution is 5.74. The number of hydrogen-bond acceptors (Lipinski definition) is 3. The van der Waals surface area contributed by atoms with Crippen LogP contribution in [0.3, 0.4) is 0 Å². The van der Waals surface area contributed by atoms with Crippen LogP contribution in [0.4, 0.5) is 0 Å². The summed E-state index contributed by atoms with van der Waals surface area (Å²) < 4.78 is 5.80. The van der Waals surface area contributed by atoms with E-state index in [0.29, 0.717) is 19.6 Å². The monoisotopic (exact) mass is 213 g/mol. The second kappa shape index (κ2) is 3.98. The van der Waals surface area contributed by atoms with Gasteiger partial charge in [0.25, 0.3) is 0 Å². The van der Waals surface area contributed by atoms with Crippen LogP contribution in [-0.2, 0) is 4.74 Å². The van der Waals surface area contributed by atoms with Crippen molar-refractivity contribution < 1.29 is 9.84 Å². The first-order valence-corrected chi connectivity index (χ1v) is 5.52. The Balaban J connectivity index is 2.04. The molecule has 0 unspecified atom stereocenters. The van der Waals surface area contributed by atoms with Crippen molar-refractivity contribution in [1.82, 2.24) is 4.90 Å². The number of hydrogen-bond donors (Lipinski definition) is 3. The largest absolute Gasteiger partial charge is 0.393 e. The molecule has 4 N–H and O–H groups in total. The summed E-state index contributed by atoms with van der Waals surface area (Å²) >= 11 is 0. The van der Waals surface area contributed by atoms with Crippen LogP contribution in [0.5, 0.6) is 0 Å². The lowest BCUT2D eigenvalue weighted by Gasteiger charge is -2.46. The van der Waals surface area contributed by atoms with Gasteiger partial charge in [0.2, 0.25) is 0 Å². The number of guanidine groups is 1. The van der Waals surface area contributed by atoms with Crippen LogP contribution in [0.1, 0.15) is 25.7 Å². The number of aliphatic hydroxyl groups is 1. The highest BCUT2D eigenvalue weighted by atomic mass is 16.5. The average molecular weight is 213 g/mol.